The molecule has 2 aliphatic heterocycles. The molecule has 31 heavy (non-hydrogen) atoms. The molecule has 2 fully saturated rings. The SMILES string of the molecule is Cn1ccc(C(=O)N2CC[C@@H](Oc3ccccn3)[C@H]3OCC[C@@H]32)n1.O=C(O)C(F)(F)F. The van der Waals surface area contributed by atoms with Gasteiger partial charge in [0, 0.05) is 45.1 Å². The van der Waals surface area contributed by atoms with E-state index in [1.54, 1.807) is 23.1 Å². The average molecular weight is 442 g/mol. The number of hydrogen-bond acceptors (Lipinski definition) is 6. The predicted octanol–water partition coefficient (Wildman–Crippen LogP) is 1.90. The number of pyridine rings is 1. The molecule has 1 N–H and O–H groups in total. The molecule has 0 saturated carbocycles. The highest BCUT2D eigenvalue weighted by atomic mass is 19.4. The first-order valence-corrected chi connectivity index (χ1v) is 9.47. The molecule has 2 aliphatic rings. The highest BCUT2D eigenvalue weighted by Crippen LogP contribution is 2.31. The van der Waals surface area contributed by atoms with Crippen molar-refractivity contribution in [2.24, 2.45) is 7.05 Å². The van der Waals surface area contributed by atoms with Crippen molar-refractivity contribution in [2.45, 2.75) is 37.3 Å². The van der Waals surface area contributed by atoms with Crippen LogP contribution in [0.3, 0.4) is 0 Å². The summed E-state index contributed by atoms with van der Waals surface area (Å²) in [6.45, 7) is 1.28. The van der Waals surface area contributed by atoms with Gasteiger partial charge >= 0.3 is 12.1 Å². The van der Waals surface area contributed by atoms with Gasteiger partial charge in [0.1, 0.15) is 17.9 Å². The van der Waals surface area contributed by atoms with E-state index >= 15 is 0 Å². The number of amides is 1. The standard InChI is InChI=1S/C17H20N4O3.C2HF3O2/c1-20-9-5-12(19-20)17(22)21-10-6-14(16-13(21)7-11-23-16)24-15-4-2-3-8-18-15;3-2(4,5)1(6)7/h2-5,8-9,13-14,16H,6-7,10-11H2,1H3;(H,6,7)/t13-,14+,16-;/m0./s1. The molecule has 4 heterocycles. The lowest BCUT2D eigenvalue weighted by atomic mass is 9.95. The van der Waals surface area contributed by atoms with E-state index in [2.05, 4.69) is 10.1 Å². The van der Waals surface area contributed by atoms with Gasteiger partial charge in [0.05, 0.1) is 6.04 Å². The lowest BCUT2D eigenvalue weighted by Gasteiger charge is -2.40. The largest absolute Gasteiger partial charge is 0.490 e. The van der Waals surface area contributed by atoms with E-state index in [0.717, 1.165) is 12.8 Å². The van der Waals surface area contributed by atoms with E-state index in [1.807, 2.05) is 30.1 Å². The summed E-state index contributed by atoms with van der Waals surface area (Å²) in [4.78, 5) is 27.8. The number of carboxylic acid groups (broad SMARTS) is 1. The third-order valence-electron chi connectivity index (χ3n) is 4.87. The third-order valence-corrected chi connectivity index (χ3v) is 4.87. The number of hydrogen-bond donors (Lipinski definition) is 1. The van der Waals surface area contributed by atoms with Crippen LogP contribution in [-0.4, -0.2) is 74.2 Å². The molecule has 0 bridgehead atoms. The molecule has 0 radical (unpaired) electrons. The summed E-state index contributed by atoms with van der Waals surface area (Å²) in [7, 11) is 1.81. The Morgan fingerprint density at radius 2 is 2.00 bits per heavy atom. The number of nitrogens with zero attached hydrogens (tertiary/aromatic N) is 4. The minimum atomic E-state index is -5.08. The van der Waals surface area contributed by atoms with Crippen molar-refractivity contribution in [3.8, 4) is 5.88 Å². The number of alkyl halides is 3. The number of likely N-dealkylation sites (tertiary alicyclic amines) is 1. The number of carboxylic acids is 1. The minimum Gasteiger partial charge on any atom is -0.475 e. The number of fused-ring (bicyclic) bond motifs is 1. The molecular formula is C19H21F3N4O5. The number of carbonyl (C=O) groups excluding carboxylic acids is 1. The van der Waals surface area contributed by atoms with Crippen LogP contribution in [-0.2, 0) is 16.6 Å². The van der Waals surface area contributed by atoms with Gasteiger partial charge in [-0.25, -0.2) is 9.78 Å². The Morgan fingerprint density at radius 3 is 2.58 bits per heavy atom. The second-order valence-corrected chi connectivity index (χ2v) is 6.98. The summed E-state index contributed by atoms with van der Waals surface area (Å²) < 4.78 is 45.3. The molecule has 1 amide bonds. The summed E-state index contributed by atoms with van der Waals surface area (Å²) >= 11 is 0. The number of halogens is 3. The van der Waals surface area contributed by atoms with Crippen molar-refractivity contribution >= 4 is 11.9 Å². The first kappa shape index (κ1) is 22.5. The van der Waals surface area contributed by atoms with Crippen LogP contribution in [0.25, 0.3) is 0 Å². The smallest absolute Gasteiger partial charge is 0.475 e. The molecule has 0 aromatic carbocycles. The molecule has 2 aromatic heterocycles. The van der Waals surface area contributed by atoms with Crippen LogP contribution in [0, 0.1) is 0 Å². The highest BCUT2D eigenvalue weighted by molar-refractivity contribution is 5.92. The van der Waals surface area contributed by atoms with E-state index in [0.29, 0.717) is 24.7 Å². The van der Waals surface area contributed by atoms with E-state index < -0.39 is 12.1 Å². The monoisotopic (exact) mass is 442 g/mol. The second-order valence-electron chi connectivity index (χ2n) is 6.98. The maximum absolute atomic E-state index is 12.8. The van der Waals surface area contributed by atoms with E-state index in [4.69, 9.17) is 19.4 Å². The Morgan fingerprint density at radius 1 is 1.26 bits per heavy atom. The summed E-state index contributed by atoms with van der Waals surface area (Å²) in [5.41, 5.74) is 0.479. The third kappa shape index (κ3) is 5.51. The zero-order chi connectivity index (χ0) is 22.6. The number of carbonyl (C=O) groups is 2. The molecule has 0 unspecified atom stereocenters. The van der Waals surface area contributed by atoms with Crippen LogP contribution in [0.15, 0.2) is 36.7 Å². The topological polar surface area (TPSA) is 107 Å². The number of aromatic nitrogens is 3. The fourth-order valence-electron chi connectivity index (χ4n) is 3.51. The molecule has 0 aliphatic carbocycles. The van der Waals surface area contributed by atoms with Gasteiger partial charge in [0.2, 0.25) is 5.88 Å². The molecule has 2 aromatic rings. The molecule has 4 rings (SSSR count). The lowest BCUT2D eigenvalue weighted by Crippen LogP contribution is -2.56. The summed E-state index contributed by atoms with van der Waals surface area (Å²) in [6.07, 6.45) is -0.246. The Kier molecular flexibility index (Phi) is 6.78. The number of piperidine rings is 1. The molecule has 0 spiro atoms. The van der Waals surface area contributed by atoms with E-state index in [1.165, 1.54) is 0 Å². The van der Waals surface area contributed by atoms with Crippen molar-refractivity contribution < 1.29 is 37.3 Å². The number of ether oxygens (including phenoxy) is 2. The van der Waals surface area contributed by atoms with Gasteiger partial charge in [-0.1, -0.05) is 6.07 Å². The van der Waals surface area contributed by atoms with Gasteiger partial charge in [0.25, 0.3) is 5.91 Å². The van der Waals surface area contributed by atoms with E-state index in [9.17, 15) is 18.0 Å². The highest BCUT2D eigenvalue weighted by Gasteiger charge is 2.45. The maximum Gasteiger partial charge on any atom is 0.490 e. The van der Waals surface area contributed by atoms with E-state index in [-0.39, 0.29) is 24.2 Å². The van der Waals surface area contributed by atoms with Gasteiger partial charge in [-0.15, -0.1) is 0 Å². The van der Waals surface area contributed by atoms with Gasteiger partial charge in [-0.05, 0) is 18.6 Å². The Bertz CT molecular complexity index is 905. The van der Waals surface area contributed by atoms with Crippen LogP contribution < -0.4 is 4.74 Å². The summed E-state index contributed by atoms with van der Waals surface area (Å²) in [5, 5.41) is 11.4. The first-order valence-electron chi connectivity index (χ1n) is 9.47. The molecule has 3 atom stereocenters. The Balaban J connectivity index is 0.000000339. The van der Waals surface area contributed by atoms with Crippen LogP contribution in [0.4, 0.5) is 13.2 Å². The number of aliphatic carboxylic acids is 1. The molecule has 12 heteroatoms. The Labute approximate surface area is 175 Å². The lowest BCUT2D eigenvalue weighted by molar-refractivity contribution is -0.192. The number of rotatable bonds is 3. The molecule has 9 nitrogen and oxygen atoms in total. The average Bonchev–Trinajstić information content (AvgIpc) is 3.38. The van der Waals surface area contributed by atoms with Crippen LogP contribution in [0.2, 0.25) is 0 Å². The quantitative estimate of drug-likeness (QED) is 0.774. The van der Waals surface area contributed by atoms with Crippen molar-refractivity contribution in [3.63, 3.8) is 0 Å². The molecule has 2 saturated heterocycles. The summed E-state index contributed by atoms with van der Waals surface area (Å²) in [6, 6.07) is 7.38. The molecular weight excluding hydrogens is 421 g/mol. The van der Waals surface area contributed by atoms with Crippen LogP contribution >= 0.6 is 0 Å². The maximum atomic E-state index is 12.8. The van der Waals surface area contributed by atoms with Gasteiger partial charge in [0.15, 0.2) is 0 Å². The fourth-order valence-corrected chi connectivity index (χ4v) is 3.51. The summed E-state index contributed by atoms with van der Waals surface area (Å²) in [5.74, 6) is -2.19. The van der Waals surface area contributed by atoms with Crippen molar-refractivity contribution in [1.29, 1.82) is 0 Å². The zero-order valence-electron chi connectivity index (χ0n) is 16.5. The van der Waals surface area contributed by atoms with Gasteiger partial charge < -0.3 is 19.5 Å². The van der Waals surface area contributed by atoms with Crippen molar-refractivity contribution in [3.05, 3.63) is 42.4 Å². The number of aryl methyl sites for hydroxylation is 1. The fraction of sp³-hybridized carbons (Fsp3) is 0.474. The van der Waals surface area contributed by atoms with Crippen molar-refractivity contribution in [1.82, 2.24) is 19.7 Å². The van der Waals surface area contributed by atoms with Crippen LogP contribution in [0.1, 0.15) is 23.3 Å². The second kappa shape index (κ2) is 9.33. The zero-order valence-corrected chi connectivity index (χ0v) is 16.5. The molecule has 168 valence electrons. The predicted molar refractivity (Wildman–Crippen MR) is 99.4 cm³/mol. The first-order chi connectivity index (χ1) is 14.7. The van der Waals surface area contributed by atoms with Gasteiger partial charge in [-0.2, -0.15) is 18.3 Å². The Hall–Kier alpha value is -3.15. The van der Waals surface area contributed by atoms with Gasteiger partial charge in [-0.3, -0.25) is 9.48 Å². The minimum absolute atomic E-state index is 0.0296. The van der Waals surface area contributed by atoms with Crippen molar-refractivity contribution in [2.75, 3.05) is 13.2 Å². The normalized spacial score (nSPS) is 22.8. The van der Waals surface area contributed by atoms with Crippen LogP contribution in [0.5, 0.6) is 5.88 Å².